The molecule has 0 spiro atoms. The van der Waals surface area contributed by atoms with Crippen LogP contribution in [0.4, 0.5) is 10.5 Å². The summed E-state index contributed by atoms with van der Waals surface area (Å²) in [6.07, 6.45) is 0.590. The first-order valence-corrected chi connectivity index (χ1v) is 9.25. The lowest BCUT2D eigenvalue weighted by Gasteiger charge is -2.19. The van der Waals surface area contributed by atoms with E-state index in [1.807, 2.05) is 63.2 Å². The van der Waals surface area contributed by atoms with E-state index < -0.39 is 5.60 Å². The first-order valence-electron chi connectivity index (χ1n) is 9.25. The number of carbonyl (C=O) groups is 2. The topological polar surface area (TPSA) is 67.4 Å². The molecule has 2 aromatic rings. The van der Waals surface area contributed by atoms with Crippen molar-refractivity contribution >= 4 is 17.7 Å². The number of ether oxygens (including phenoxy) is 1. The zero-order chi connectivity index (χ0) is 19.4. The molecule has 0 saturated heterocycles. The highest BCUT2D eigenvalue weighted by Crippen LogP contribution is 2.49. The number of carbonyl (C=O) groups excluding carboxylic acids is 2. The molecule has 1 fully saturated rings. The van der Waals surface area contributed by atoms with Gasteiger partial charge in [0.2, 0.25) is 0 Å². The van der Waals surface area contributed by atoms with Crippen LogP contribution in [0.3, 0.4) is 0 Å². The van der Waals surface area contributed by atoms with E-state index in [1.165, 1.54) is 0 Å². The molecule has 0 heterocycles. The molecule has 5 nitrogen and oxygen atoms in total. The third-order valence-corrected chi connectivity index (χ3v) is 4.47. The molecule has 3 rings (SSSR count). The number of para-hydroxylation sites is 1. The highest BCUT2D eigenvalue weighted by atomic mass is 16.6. The minimum absolute atomic E-state index is 0.118. The summed E-state index contributed by atoms with van der Waals surface area (Å²) in [7, 11) is 0. The molecule has 2 aromatic carbocycles. The van der Waals surface area contributed by atoms with Gasteiger partial charge in [0.25, 0.3) is 5.91 Å². The fraction of sp³-hybridized carbons (Fsp3) is 0.364. The number of benzene rings is 2. The number of hydrogen-bond acceptors (Lipinski definition) is 3. The first-order chi connectivity index (χ1) is 12.8. The van der Waals surface area contributed by atoms with Crippen molar-refractivity contribution < 1.29 is 14.3 Å². The van der Waals surface area contributed by atoms with Crippen LogP contribution in [0.15, 0.2) is 54.6 Å². The molecule has 2 amide bonds. The highest BCUT2D eigenvalue weighted by molar-refractivity contribution is 6.04. The average molecular weight is 366 g/mol. The normalized spacial score (nSPS) is 18.5. The SMILES string of the molecule is CC(C)(C)OC(=O)NC[C@@H]1C[C@H]1c1ccccc1NC(=O)c1ccccc1. The Hall–Kier alpha value is -2.82. The first kappa shape index (κ1) is 19.0. The molecule has 2 atom stereocenters. The Morgan fingerprint density at radius 2 is 1.70 bits per heavy atom. The van der Waals surface area contributed by atoms with Gasteiger partial charge in [-0.2, -0.15) is 0 Å². The number of alkyl carbamates (subject to hydrolysis) is 1. The fourth-order valence-corrected chi connectivity index (χ4v) is 3.10. The monoisotopic (exact) mass is 366 g/mol. The predicted octanol–water partition coefficient (Wildman–Crippen LogP) is 4.57. The Morgan fingerprint density at radius 1 is 1.04 bits per heavy atom. The Labute approximate surface area is 160 Å². The standard InChI is InChI=1S/C22H26N2O3/c1-22(2,3)27-21(26)23-14-16-13-18(16)17-11-7-8-12-19(17)24-20(25)15-9-5-4-6-10-15/h4-12,16,18H,13-14H2,1-3H3,(H,23,26)(H,24,25)/t16-,18+/m0/s1. The zero-order valence-corrected chi connectivity index (χ0v) is 16.0. The van der Waals surface area contributed by atoms with Gasteiger partial charge in [0.15, 0.2) is 0 Å². The Morgan fingerprint density at radius 3 is 2.41 bits per heavy atom. The summed E-state index contributed by atoms with van der Waals surface area (Å²) in [4.78, 5) is 24.3. The lowest BCUT2D eigenvalue weighted by Crippen LogP contribution is -2.33. The molecule has 1 aliphatic carbocycles. The lowest BCUT2D eigenvalue weighted by molar-refractivity contribution is 0.0525. The second kappa shape index (κ2) is 7.82. The van der Waals surface area contributed by atoms with Gasteiger partial charge >= 0.3 is 6.09 Å². The second-order valence-electron chi connectivity index (χ2n) is 7.89. The molecule has 142 valence electrons. The number of rotatable bonds is 5. The van der Waals surface area contributed by atoms with Crippen LogP contribution in [0, 0.1) is 5.92 Å². The number of nitrogens with one attached hydrogen (secondary N) is 2. The molecule has 0 aromatic heterocycles. The maximum Gasteiger partial charge on any atom is 0.407 e. The van der Waals surface area contributed by atoms with Crippen LogP contribution >= 0.6 is 0 Å². The van der Waals surface area contributed by atoms with Crippen molar-refractivity contribution in [2.45, 2.75) is 38.7 Å². The molecule has 0 unspecified atom stereocenters. The van der Waals surface area contributed by atoms with Crippen LogP contribution in [0.25, 0.3) is 0 Å². The molecule has 27 heavy (non-hydrogen) atoms. The Kier molecular flexibility index (Phi) is 5.49. The van der Waals surface area contributed by atoms with E-state index >= 15 is 0 Å². The van der Waals surface area contributed by atoms with Crippen molar-refractivity contribution in [2.75, 3.05) is 11.9 Å². The van der Waals surface area contributed by atoms with Crippen LogP contribution in [0.1, 0.15) is 49.0 Å². The maximum atomic E-state index is 12.5. The van der Waals surface area contributed by atoms with Gasteiger partial charge in [-0.15, -0.1) is 0 Å². The molecule has 0 bridgehead atoms. The van der Waals surface area contributed by atoms with E-state index in [0.29, 0.717) is 23.9 Å². The second-order valence-corrected chi connectivity index (χ2v) is 7.89. The van der Waals surface area contributed by atoms with Crippen LogP contribution in [0.5, 0.6) is 0 Å². The number of anilines is 1. The Balaban J connectivity index is 1.59. The van der Waals surface area contributed by atoms with Crippen molar-refractivity contribution in [2.24, 2.45) is 5.92 Å². The van der Waals surface area contributed by atoms with Crippen molar-refractivity contribution in [3.05, 3.63) is 65.7 Å². The summed E-state index contributed by atoms with van der Waals surface area (Å²) < 4.78 is 5.28. The minimum Gasteiger partial charge on any atom is -0.444 e. The van der Waals surface area contributed by atoms with Crippen molar-refractivity contribution in [3.8, 4) is 0 Å². The van der Waals surface area contributed by atoms with Gasteiger partial charge in [0.05, 0.1) is 0 Å². The molecule has 5 heteroatoms. The molecule has 2 N–H and O–H groups in total. The summed E-state index contributed by atoms with van der Waals surface area (Å²) >= 11 is 0. The summed E-state index contributed by atoms with van der Waals surface area (Å²) in [6.45, 7) is 6.11. The third kappa shape index (κ3) is 5.33. The van der Waals surface area contributed by atoms with Crippen molar-refractivity contribution in [1.82, 2.24) is 5.32 Å². The van der Waals surface area contributed by atoms with Gasteiger partial charge in [0.1, 0.15) is 5.60 Å². The summed E-state index contributed by atoms with van der Waals surface area (Å²) in [5.41, 5.74) is 2.07. The smallest absolute Gasteiger partial charge is 0.407 e. The number of hydrogen-bond donors (Lipinski definition) is 2. The average Bonchev–Trinajstić information content (AvgIpc) is 3.39. The molecular formula is C22H26N2O3. The van der Waals surface area contributed by atoms with Crippen LogP contribution in [-0.4, -0.2) is 24.1 Å². The van der Waals surface area contributed by atoms with Gasteiger partial charge in [-0.1, -0.05) is 36.4 Å². The van der Waals surface area contributed by atoms with E-state index in [2.05, 4.69) is 10.6 Å². The zero-order valence-electron chi connectivity index (χ0n) is 16.0. The molecule has 1 aliphatic rings. The van der Waals surface area contributed by atoms with Gasteiger partial charge in [-0.3, -0.25) is 4.79 Å². The van der Waals surface area contributed by atoms with E-state index in [-0.39, 0.29) is 12.0 Å². The van der Waals surface area contributed by atoms with Gasteiger partial charge in [0, 0.05) is 17.8 Å². The third-order valence-electron chi connectivity index (χ3n) is 4.47. The molecule has 1 saturated carbocycles. The molecular weight excluding hydrogens is 340 g/mol. The lowest BCUT2D eigenvalue weighted by atomic mass is 10.1. The predicted molar refractivity (Wildman–Crippen MR) is 106 cm³/mol. The quantitative estimate of drug-likeness (QED) is 0.815. The maximum absolute atomic E-state index is 12.5. The van der Waals surface area contributed by atoms with Crippen LogP contribution in [0.2, 0.25) is 0 Å². The van der Waals surface area contributed by atoms with Gasteiger partial charge in [-0.25, -0.2) is 4.79 Å². The van der Waals surface area contributed by atoms with Gasteiger partial charge in [-0.05, 0) is 62.8 Å². The van der Waals surface area contributed by atoms with Gasteiger partial charge < -0.3 is 15.4 Å². The molecule has 0 radical (unpaired) electrons. The minimum atomic E-state index is -0.499. The molecule has 0 aliphatic heterocycles. The van der Waals surface area contributed by atoms with Crippen molar-refractivity contribution in [3.63, 3.8) is 0 Å². The van der Waals surface area contributed by atoms with Crippen LogP contribution < -0.4 is 10.6 Å². The fourth-order valence-electron chi connectivity index (χ4n) is 3.10. The summed E-state index contributed by atoms with van der Waals surface area (Å²) in [6, 6.07) is 17.0. The summed E-state index contributed by atoms with van der Waals surface area (Å²) in [5, 5.41) is 5.85. The van der Waals surface area contributed by atoms with E-state index in [4.69, 9.17) is 4.74 Å². The Bertz CT molecular complexity index is 812. The summed E-state index contributed by atoms with van der Waals surface area (Å²) in [5.74, 6) is 0.562. The van der Waals surface area contributed by atoms with Crippen LogP contribution in [-0.2, 0) is 4.74 Å². The van der Waals surface area contributed by atoms with E-state index in [1.54, 1.807) is 12.1 Å². The van der Waals surface area contributed by atoms with Crippen molar-refractivity contribution in [1.29, 1.82) is 0 Å². The van der Waals surface area contributed by atoms with E-state index in [0.717, 1.165) is 17.7 Å². The largest absolute Gasteiger partial charge is 0.444 e. The highest BCUT2D eigenvalue weighted by Gasteiger charge is 2.40. The number of amides is 2. The van der Waals surface area contributed by atoms with E-state index in [9.17, 15) is 9.59 Å².